The lowest BCUT2D eigenvalue weighted by atomic mass is 10.1. The van der Waals surface area contributed by atoms with Crippen LogP contribution in [-0.4, -0.2) is 30.9 Å². The topological polar surface area (TPSA) is 41.5 Å². The number of aliphatic hydroxyl groups is 1. The Hall–Kier alpha value is -1.04. The standard InChI is InChI=1S/C13H17F2NO2/c14-11-4-3-9(6-12(11)15)13(17)7-16-10-2-1-5-18-8-10/h3-4,6,10,13,16-17H,1-2,5,7-8H2. The highest BCUT2D eigenvalue weighted by Gasteiger charge is 2.16. The Kier molecular flexibility index (Phi) is 4.63. The van der Waals surface area contributed by atoms with E-state index in [1.165, 1.54) is 6.07 Å². The molecule has 0 saturated carbocycles. The van der Waals surface area contributed by atoms with E-state index in [0.717, 1.165) is 31.6 Å². The second kappa shape index (κ2) is 6.22. The maximum Gasteiger partial charge on any atom is 0.159 e. The molecule has 3 nitrogen and oxygen atoms in total. The average Bonchev–Trinajstić information content (AvgIpc) is 2.40. The number of ether oxygens (including phenoxy) is 1. The van der Waals surface area contributed by atoms with E-state index in [2.05, 4.69) is 5.32 Å². The molecule has 2 N–H and O–H groups in total. The van der Waals surface area contributed by atoms with Crippen LogP contribution in [0, 0.1) is 11.6 Å². The van der Waals surface area contributed by atoms with Gasteiger partial charge in [0.1, 0.15) is 0 Å². The molecule has 0 aromatic heterocycles. The fraction of sp³-hybridized carbons (Fsp3) is 0.538. The summed E-state index contributed by atoms with van der Waals surface area (Å²) in [6, 6.07) is 3.66. The highest BCUT2D eigenvalue weighted by Crippen LogP contribution is 2.16. The lowest BCUT2D eigenvalue weighted by Gasteiger charge is -2.24. The van der Waals surface area contributed by atoms with Gasteiger partial charge in [-0.15, -0.1) is 0 Å². The molecule has 2 rings (SSSR count). The first-order chi connectivity index (χ1) is 8.66. The molecule has 1 fully saturated rings. The Labute approximate surface area is 105 Å². The molecular formula is C13H17F2NO2. The smallest absolute Gasteiger partial charge is 0.159 e. The monoisotopic (exact) mass is 257 g/mol. The van der Waals surface area contributed by atoms with Crippen molar-refractivity contribution in [3.05, 3.63) is 35.4 Å². The van der Waals surface area contributed by atoms with Gasteiger partial charge in [-0.05, 0) is 30.5 Å². The summed E-state index contributed by atoms with van der Waals surface area (Å²) in [5.41, 5.74) is 0.373. The minimum Gasteiger partial charge on any atom is -0.387 e. The highest BCUT2D eigenvalue weighted by molar-refractivity contribution is 5.20. The van der Waals surface area contributed by atoms with Crippen LogP contribution in [0.25, 0.3) is 0 Å². The molecule has 1 saturated heterocycles. The van der Waals surface area contributed by atoms with Crippen molar-refractivity contribution in [2.75, 3.05) is 19.8 Å². The zero-order valence-electron chi connectivity index (χ0n) is 10.0. The molecule has 0 spiro atoms. The number of rotatable bonds is 4. The third kappa shape index (κ3) is 3.48. The van der Waals surface area contributed by atoms with Gasteiger partial charge in [-0.2, -0.15) is 0 Å². The van der Waals surface area contributed by atoms with Crippen LogP contribution in [0.2, 0.25) is 0 Å². The van der Waals surface area contributed by atoms with Gasteiger partial charge in [0.05, 0.1) is 12.7 Å². The lowest BCUT2D eigenvalue weighted by molar-refractivity contribution is 0.0638. The van der Waals surface area contributed by atoms with E-state index in [-0.39, 0.29) is 6.04 Å². The summed E-state index contributed by atoms with van der Waals surface area (Å²) < 4.78 is 31.1. The van der Waals surface area contributed by atoms with Crippen molar-refractivity contribution >= 4 is 0 Å². The maximum atomic E-state index is 13.0. The van der Waals surface area contributed by atoms with Gasteiger partial charge in [0, 0.05) is 19.2 Å². The SMILES string of the molecule is OC(CNC1CCCOC1)c1ccc(F)c(F)c1. The van der Waals surface area contributed by atoms with E-state index in [0.29, 0.717) is 18.7 Å². The zero-order chi connectivity index (χ0) is 13.0. The molecule has 1 aliphatic rings. The Bertz CT molecular complexity index is 395. The second-order valence-electron chi connectivity index (χ2n) is 4.51. The van der Waals surface area contributed by atoms with E-state index in [1.54, 1.807) is 0 Å². The minimum atomic E-state index is -0.937. The molecule has 1 aromatic carbocycles. The van der Waals surface area contributed by atoms with E-state index < -0.39 is 17.7 Å². The third-order valence-electron chi connectivity index (χ3n) is 3.09. The fourth-order valence-corrected chi connectivity index (χ4v) is 2.02. The number of nitrogens with one attached hydrogen (secondary N) is 1. The Morgan fingerprint density at radius 3 is 2.89 bits per heavy atom. The van der Waals surface area contributed by atoms with Crippen LogP contribution in [-0.2, 0) is 4.74 Å². The molecule has 1 aliphatic heterocycles. The molecule has 0 radical (unpaired) electrons. The van der Waals surface area contributed by atoms with Gasteiger partial charge >= 0.3 is 0 Å². The van der Waals surface area contributed by atoms with Crippen molar-refractivity contribution in [1.29, 1.82) is 0 Å². The average molecular weight is 257 g/mol. The number of aliphatic hydroxyl groups excluding tert-OH is 1. The van der Waals surface area contributed by atoms with Crippen molar-refractivity contribution < 1.29 is 18.6 Å². The van der Waals surface area contributed by atoms with Gasteiger partial charge in [0.25, 0.3) is 0 Å². The van der Waals surface area contributed by atoms with Crippen LogP contribution in [0.4, 0.5) is 8.78 Å². The second-order valence-corrected chi connectivity index (χ2v) is 4.51. The van der Waals surface area contributed by atoms with Gasteiger partial charge in [0.15, 0.2) is 11.6 Å². The van der Waals surface area contributed by atoms with E-state index in [9.17, 15) is 13.9 Å². The van der Waals surface area contributed by atoms with Crippen molar-refractivity contribution in [2.24, 2.45) is 0 Å². The molecule has 1 aromatic rings. The van der Waals surface area contributed by atoms with Crippen molar-refractivity contribution in [1.82, 2.24) is 5.32 Å². The largest absolute Gasteiger partial charge is 0.387 e. The molecule has 2 atom stereocenters. The first-order valence-corrected chi connectivity index (χ1v) is 6.11. The lowest BCUT2D eigenvalue weighted by Crippen LogP contribution is -2.38. The van der Waals surface area contributed by atoms with Crippen molar-refractivity contribution in [2.45, 2.75) is 25.0 Å². The molecule has 18 heavy (non-hydrogen) atoms. The molecule has 0 aliphatic carbocycles. The predicted molar refractivity (Wildman–Crippen MR) is 63.2 cm³/mol. The summed E-state index contributed by atoms with van der Waals surface area (Å²) in [5, 5.41) is 13.0. The summed E-state index contributed by atoms with van der Waals surface area (Å²) in [6.45, 7) is 1.72. The van der Waals surface area contributed by atoms with Crippen molar-refractivity contribution in [3.63, 3.8) is 0 Å². The summed E-state index contributed by atoms with van der Waals surface area (Å²) in [7, 11) is 0. The third-order valence-corrected chi connectivity index (χ3v) is 3.09. The summed E-state index contributed by atoms with van der Waals surface area (Å²) >= 11 is 0. The van der Waals surface area contributed by atoms with Crippen LogP contribution in [0.3, 0.4) is 0 Å². The van der Waals surface area contributed by atoms with E-state index >= 15 is 0 Å². The molecule has 5 heteroatoms. The van der Waals surface area contributed by atoms with Gasteiger partial charge in [-0.25, -0.2) is 8.78 Å². The first kappa shape index (κ1) is 13.4. The molecule has 2 unspecified atom stereocenters. The van der Waals surface area contributed by atoms with Crippen LogP contribution in [0.15, 0.2) is 18.2 Å². The van der Waals surface area contributed by atoms with E-state index in [4.69, 9.17) is 4.74 Å². The Morgan fingerprint density at radius 1 is 1.39 bits per heavy atom. The molecule has 100 valence electrons. The number of hydrogen-bond acceptors (Lipinski definition) is 3. The zero-order valence-corrected chi connectivity index (χ0v) is 10.0. The van der Waals surface area contributed by atoms with Crippen LogP contribution < -0.4 is 5.32 Å². The van der Waals surface area contributed by atoms with Crippen LogP contribution in [0.5, 0.6) is 0 Å². The van der Waals surface area contributed by atoms with Crippen molar-refractivity contribution in [3.8, 4) is 0 Å². The first-order valence-electron chi connectivity index (χ1n) is 6.11. The molecule has 0 bridgehead atoms. The highest BCUT2D eigenvalue weighted by atomic mass is 19.2. The number of benzene rings is 1. The van der Waals surface area contributed by atoms with Gasteiger partial charge in [0.2, 0.25) is 0 Å². The molecule has 0 amide bonds. The summed E-state index contributed by atoms with van der Waals surface area (Å²) in [4.78, 5) is 0. The minimum absolute atomic E-state index is 0.221. The molecule has 1 heterocycles. The Balaban J connectivity index is 1.86. The molecular weight excluding hydrogens is 240 g/mol. The van der Waals surface area contributed by atoms with Gasteiger partial charge in [-0.3, -0.25) is 0 Å². The van der Waals surface area contributed by atoms with E-state index in [1.807, 2.05) is 0 Å². The number of hydrogen-bond donors (Lipinski definition) is 2. The quantitative estimate of drug-likeness (QED) is 0.863. The normalized spacial score (nSPS) is 21.8. The van der Waals surface area contributed by atoms with Crippen LogP contribution >= 0.6 is 0 Å². The van der Waals surface area contributed by atoms with Gasteiger partial charge < -0.3 is 15.2 Å². The maximum absolute atomic E-state index is 13.0. The Morgan fingerprint density at radius 2 is 2.22 bits per heavy atom. The summed E-state index contributed by atoms with van der Waals surface area (Å²) in [6.07, 6.45) is 1.16. The predicted octanol–water partition coefficient (Wildman–Crippen LogP) is 1.77. The summed E-state index contributed by atoms with van der Waals surface area (Å²) in [5.74, 6) is -1.84. The van der Waals surface area contributed by atoms with Gasteiger partial charge in [-0.1, -0.05) is 6.07 Å². The van der Waals surface area contributed by atoms with Crippen LogP contribution in [0.1, 0.15) is 24.5 Å². The number of halogens is 2. The fourth-order valence-electron chi connectivity index (χ4n) is 2.02.